The van der Waals surface area contributed by atoms with Crippen molar-refractivity contribution in [2.75, 3.05) is 20.1 Å². The van der Waals surface area contributed by atoms with E-state index >= 15 is 0 Å². The first kappa shape index (κ1) is 14.4. The van der Waals surface area contributed by atoms with Crippen LogP contribution < -0.4 is 5.32 Å². The van der Waals surface area contributed by atoms with E-state index in [9.17, 15) is 9.59 Å². The van der Waals surface area contributed by atoms with Gasteiger partial charge in [0, 0.05) is 23.6 Å². The molecule has 0 radical (unpaired) electrons. The molecule has 1 rings (SSSR count). The monoisotopic (exact) mass is 310 g/mol. The zero-order chi connectivity index (χ0) is 13.5. The van der Waals surface area contributed by atoms with Gasteiger partial charge in [-0.1, -0.05) is 40.7 Å². The number of halogens is 1. The number of hydrogen-bond donors (Lipinski definition) is 1. The van der Waals surface area contributed by atoms with Crippen molar-refractivity contribution in [3.8, 4) is 0 Å². The van der Waals surface area contributed by atoms with E-state index in [4.69, 9.17) is 0 Å². The minimum atomic E-state index is -0.220. The summed E-state index contributed by atoms with van der Waals surface area (Å²) >= 11 is 3.15. The van der Waals surface area contributed by atoms with Crippen molar-refractivity contribution in [3.05, 3.63) is 47.0 Å². The molecular weight excluding hydrogens is 296 g/mol. The number of carbonyl (C=O) groups is 2. The van der Waals surface area contributed by atoms with Crippen molar-refractivity contribution in [1.29, 1.82) is 0 Å². The van der Waals surface area contributed by atoms with Crippen molar-refractivity contribution in [2.45, 2.75) is 0 Å². The van der Waals surface area contributed by atoms with Crippen LogP contribution in [0.25, 0.3) is 0 Å². The second-order valence-corrected chi connectivity index (χ2v) is 4.94. The summed E-state index contributed by atoms with van der Waals surface area (Å²) in [6.07, 6.45) is 0. The molecule has 4 nitrogen and oxygen atoms in total. The maximum absolute atomic E-state index is 11.9. The van der Waals surface area contributed by atoms with Gasteiger partial charge < -0.3 is 10.2 Å². The molecule has 1 aromatic rings. The summed E-state index contributed by atoms with van der Waals surface area (Å²) in [5.74, 6) is -0.397. The lowest BCUT2D eigenvalue weighted by Gasteiger charge is -2.16. The van der Waals surface area contributed by atoms with Crippen molar-refractivity contribution >= 4 is 27.7 Å². The van der Waals surface area contributed by atoms with Crippen LogP contribution in [0.5, 0.6) is 0 Å². The maximum Gasteiger partial charge on any atom is 0.254 e. The molecule has 0 heterocycles. The molecule has 1 aromatic carbocycles. The summed E-state index contributed by atoms with van der Waals surface area (Å²) in [7, 11) is 1.60. The van der Waals surface area contributed by atoms with Crippen LogP contribution in [0.4, 0.5) is 0 Å². The van der Waals surface area contributed by atoms with Crippen LogP contribution in [0.3, 0.4) is 0 Å². The fourth-order valence-electron chi connectivity index (χ4n) is 1.34. The van der Waals surface area contributed by atoms with Crippen molar-refractivity contribution in [1.82, 2.24) is 10.2 Å². The first-order valence-electron chi connectivity index (χ1n) is 5.41. The van der Waals surface area contributed by atoms with E-state index in [-0.39, 0.29) is 18.4 Å². The van der Waals surface area contributed by atoms with Gasteiger partial charge in [0.2, 0.25) is 5.91 Å². The Morgan fingerprint density at radius 2 is 1.94 bits per heavy atom. The molecule has 2 amide bonds. The van der Waals surface area contributed by atoms with Crippen LogP contribution in [-0.4, -0.2) is 36.9 Å². The van der Waals surface area contributed by atoms with Gasteiger partial charge in [-0.25, -0.2) is 0 Å². The third kappa shape index (κ3) is 4.71. The number of likely N-dealkylation sites (N-methyl/N-ethyl adjacent to an activating group) is 1. The van der Waals surface area contributed by atoms with E-state index in [2.05, 4.69) is 27.8 Å². The lowest BCUT2D eigenvalue weighted by atomic mass is 10.2. The van der Waals surface area contributed by atoms with Crippen LogP contribution in [-0.2, 0) is 4.79 Å². The Morgan fingerprint density at radius 3 is 2.50 bits per heavy atom. The number of amides is 2. The number of nitrogens with one attached hydrogen (secondary N) is 1. The van der Waals surface area contributed by atoms with E-state index in [1.807, 2.05) is 6.07 Å². The number of nitrogens with zero attached hydrogens (tertiary/aromatic N) is 1. The Hall–Kier alpha value is -1.62. The van der Waals surface area contributed by atoms with Gasteiger partial charge in [0.1, 0.15) is 0 Å². The highest BCUT2D eigenvalue weighted by molar-refractivity contribution is 9.11. The molecule has 0 saturated heterocycles. The number of benzene rings is 1. The quantitative estimate of drug-likeness (QED) is 0.901. The average molecular weight is 311 g/mol. The zero-order valence-electron chi connectivity index (χ0n) is 10.1. The lowest BCUT2D eigenvalue weighted by molar-refractivity contribution is -0.121. The molecule has 0 atom stereocenters. The summed E-state index contributed by atoms with van der Waals surface area (Å²) in [5, 5.41) is 2.64. The smallest absolute Gasteiger partial charge is 0.254 e. The molecule has 96 valence electrons. The van der Waals surface area contributed by atoms with Crippen molar-refractivity contribution in [3.63, 3.8) is 0 Å². The Bertz CT molecular complexity index is 446. The van der Waals surface area contributed by atoms with Gasteiger partial charge in [-0.3, -0.25) is 9.59 Å². The second-order valence-electron chi connectivity index (χ2n) is 3.82. The highest BCUT2D eigenvalue weighted by Crippen LogP contribution is 2.02. The maximum atomic E-state index is 11.9. The van der Waals surface area contributed by atoms with Gasteiger partial charge in [0.05, 0.1) is 6.54 Å². The van der Waals surface area contributed by atoms with E-state index in [0.717, 1.165) is 0 Å². The van der Waals surface area contributed by atoms with Crippen LogP contribution >= 0.6 is 15.9 Å². The van der Waals surface area contributed by atoms with E-state index < -0.39 is 0 Å². The number of carbonyl (C=O) groups excluding carboxylic acids is 2. The molecule has 0 aliphatic rings. The van der Waals surface area contributed by atoms with Gasteiger partial charge in [-0.2, -0.15) is 0 Å². The van der Waals surface area contributed by atoms with Crippen molar-refractivity contribution in [2.24, 2.45) is 0 Å². The molecule has 0 unspecified atom stereocenters. The van der Waals surface area contributed by atoms with Gasteiger partial charge >= 0.3 is 0 Å². The topological polar surface area (TPSA) is 49.4 Å². The molecule has 0 bridgehead atoms. The first-order valence-corrected chi connectivity index (χ1v) is 6.20. The summed E-state index contributed by atoms with van der Waals surface area (Å²) in [6, 6.07) is 8.85. The largest absolute Gasteiger partial charge is 0.350 e. The van der Waals surface area contributed by atoms with Crippen LogP contribution in [0.2, 0.25) is 0 Å². The lowest BCUT2D eigenvalue weighted by Crippen LogP contribution is -2.38. The molecule has 0 saturated carbocycles. The number of hydrogen-bond acceptors (Lipinski definition) is 2. The predicted octanol–water partition coefficient (Wildman–Crippen LogP) is 1.78. The fraction of sp³-hybridized carbons (Fsp3) is 0.231. The third-order valence-electron chi connectivity index (χ3n) is 2.23. The molecular formula is C13H15BrN2O2. The Kier molecular flexibility index (Phi) is 5.58. The second kappa shape index (κ2) is 6.96. The van der Waals surface area contributed by atoms with Gasteiger partial charge in [0.25, 0.3) is 5.91 Å². The van der Waals surface area contributed by atoms with Gasteiger partial charge in [-0.15, -0.1) is 0 Å². The van der Waals surface area contributed by atoms with Gasteiger partial charge in [-0.05, 0) is 12.1 Å². The normalized spacial score (nSPS) is 9.67. The highest BCUT2D eigenvalue weighted by atomic mass is 79.9. The van der Waals surface area contributed by atoms with Crippen molar-refractivity contribution < 1.29 is 9.59 Å². The standard InChI is InChI=1S/C13H15BrN2O2/c1-10(14)8-15-12(17)9-16(2)13(18)11-6-4-3-5-7-11/h3-7H,1,8-9H2,2H3,(H,15,17). The summed E-state index contributed by atoms with van der Waals surface area (Å²) < 4.78 is 0.688. The molecule has 0 aliphatic carbocycles. The Morgan fingerprint density at radius 1 is 1.33 bits per heavy atom. The fourth-order valence-corrected chi connectivity index (χ4v) is 1.48. The van der Waals surface area contributed by atoms with Crippen LogP contribution in [0.15, 0.2) is 41.4 Å². The minimum absolute atomic E-state index is 0.0218. The average Bonchev–Trinajstić information content (AvgIpc) is 2.36. The van der Waals surface area contributed by atoms with Crippen LogP contribution in [0, 0.1) is 0 Å². The first-order chi connectivity index (χ1) is 8.50. The van der Waals surface area contributed by atoms with Crippen LogP contribution in [0.1, 0.15) is 10.4 Å². The third-order valence-corrected chi connectivity index (χ3v) is 2.51. The molecule has 5 heteroatoms. The summed E-state index contributed by atoms with van der Waals surface area (Å²) in [5.41, 5.74) is 0.567. The minimum Gasteiger partial charge on any atom is -0.350 e. The van der Waals surface area contributed by atoms with E-state index in [1.165, 1.54) is 4.90 Å². The Balaban J connectivity index is 2.50. The highest BCUT2D eigenvalue weighted by Gasteiger charge is 2.14. The summed E-state index contributed by atoms with van der Waals surface area (Å²) in [4.78, 5) is 24.8. The van der Waals surface area contributed by atoms with E-state index in [1.54, 1.807) is 31.3 Å². The molecule has 0 aliphatic heterocycles. The SMILES string of the molecule is C=C(Br)CNC(=O)CN(C)C(=O)c1ccccc1. The zero-order valence-corrected chi connectivity index (χ0v) is 11.7. The van der Waals surface area contributed by atoms with Gasteiger partial charge in [0.15, 0.2) is 0 Å². The van der Waals surface area contributed by atoms with E-state index in [0.29, 0.717) is 16.6 Å². The molecule has 0 fully saturated rings. The number of rotatable bonds is 5. The summed E-state index contributed by atoms with van der Waals surface area (Å²) in [6.45, 7) is 3.99. The molecule has 18 heavy (non-hydrogen) atoms. The molecule has 1 N–H and O–H groups in total. The molecule has 0 aromatic heterocycles. The Labute approximate surface area is 115 Å². The molecule has 0 spiro atoms. The predicted molar refractivity (Wildman–Crippen MR) is 74.5 cm³/mol.